The van der Waals surface area contributed by atoms with Crippen LogP contribution in [0, 0.1) is 0 Å². The lowest BCUT2D eigenvalue weighted by Gasteiger charge is -2.20. The highest BCUT2D eigenvalue weighted by Crippen LogP contribution is 2.26. The molecule has 1 aromatic heterocycles. The number of aromatic nitrogens is 2. The van der Waals surface area contributed by atoms with E-state index in [1.54, 1.807) is 36.0 Å². The summed E-state index contributed by atoms with van der Waals surface area (Å²) in [6.07, 6.45) is 0.916. The molecule has 0 atom stereocenters. The second-order valence-corrected chi connectivity index (χ2v) is 8.74. The van der Waals surface area contributed by atoms with Crippen molar-refractivity contribution < 1.29 is 9.59 Å². The van der Waals surface area contributed by atoms with Gasteiger partial charge in [0.05, 0.1) is 16.4 Å². The second-order valence-electron chi connectivity index (χ2n) is 8.33. The smallest absolute Gasteiger partial charge is 0.273 e. The SMILES string of the molecule is Cn1nc(C(C)(C)C)cc1C(=O)Nc1cc(C(=O)N2CCCNCC2)ccc1Cl. The molecule has 1 aliphatic rings. The molecule has 1 aromatic carbocycles. The standard InChI is InChI=1S/C21H28ClN5O2/c1-21(2,3)18-13-17(26(4)25-18)19(28)24-16-12-14(6-7-15(16)22)20(29)27-10-5-8-23-9-11-27/h6-7,12-13,23H,5,8-11H2,1-4H3,(H,24,28). The third kappa shape index (κ3) is 4.97. The second kappa shape index (κ2) is 8.55. The number of benzene rings is 1. The minimum atomic E-state index is -0.319. The van der Waals surface area contributed by atoms with E-state index in [0.717, 1.165) is 25.2 Å². The zero-order valence-electron chi connectivity index (χ0n) is 17.4. The van der Waals surface area contributed by atoms with Crippen molar-refractivity contribution in [2.24, 2.45) is 7.05 Å². The Morgan fingerprint density at radius 1 is 1.17 bits per heavy atom. The van der Waals surface area contributed by atoms with Crippen molar-refractivity contribution in [2.45, 2.75) is 32.6 Å². The molecule has 29 heavy (non-hydrogen) atoms. The van der Waals surface area contributed by atoms with Crippen molar-refractivity contribution >= 4 is 29.1 Å². The Morgan fingerprint density at radius 2 is 1.93 bits per heavy atom. The number of hydrogen-bond acceptors (Lipinski definition) is 4. The number of anilines is 1. The molecule has 3 rings (SSSR count). The molecule has 0 unspecified atom stereocenters. The monoisotopic (exact) mass is 417 g/mol. The van der Waals surface area contributed by atoms with E-state index in [4.69, 9.17) is 11.6 Å². The number of amides is 2. The maximum Gasteiger partial charge on any atom is 0.273 e. The predicted octanol–water partition coefficient (Wildman–Crippen LogP) is 3.06. The Bertz CT molecular complexity index is 908. The lowest BCUT2D eigenvalue weighted by atomic mass is 9.92. The highest BCUT2D eigenvalue weighted by atomic mass is 35.5. The number of nitrogens with one attached hydrogen (secondary N) is 2. The average Bonchev–Trinajstić information content (AvgIpc) is 2.88. The predicted molar refractivity (Wildman–Crippen MR) is 115 cm³/mol. The van der Waals surface area contributed by atoms with Gasteiger partial charge in [0.25, 0.3) is 11.8 Å². The van der Waals surface area contributed by atoms with Crippen LogP contribution in [0.1, 0.15) is 53.7 Å². The van der Waals surface area contributed by atoms with Crippen LogP contribution < -0.4 is 10.6 Å². The molecule has 156 valence electrons. The summed E-state index contributed by atoms with van der Waals surface area (Å²) in [6, 6.07) is 6.76. The third-order valence-corrected chi connectivity index (χ3v) is 5.30. The number of carbonyl (C=O) groups is 2. The number of rotatable bonds is 3. The number of carbonyl (C=O) groups excluding carboxylic acids is 2. The van der Waals surface area contributed by atoms with Gasteiger partial charge >= 0.3 is 0 Å². The molecule has 1 saturated heterocycles. The Balaban J connectivity index is 1.81. The highest BCUT2D eigenvalue weighted by Gasteiger charge is 2.23. The minimum Gasteiger partial charge on any atom is -0.337 e. The zero-order chi connectivity index (χ0) is 21.2. The molecule has 0 bridgehead atoms. The van der Waals surface area contributed by atoms with E-state index >= 15 is 0 Å². The molecule has 8 heteroatoms. The Morgan fingerprint density at radius 3 is 2.62 bits per heavy atom. The Labute approximate surface area is 176 Å². The lowest BCUT2D eigenvalue weighted by molar-refractivity contribution is 0.0766. The lowest BCUT2D eigenvalue weighted by Crippen LogP contribution is -2.34. The maximum absolute atomic E-state index is 12.9. The van der Waals surface area contributed by atoms with Gasteiger partial charge in [-0.15, -0.1) is 0 Å². The zero-order valence-corrected chi connectivity index (χ0v) is 18.1. The number of hydrogen-bond donors (Lipinski definition) is 2. The van der Waals surface area contributed by atoms with Gasteiger partial charge in [-0.3, -0.25) is 14.3 Å². The molecule has 2 N–H and O–H groups in total. The van der Waals surface area contributed by atoms with E-state index in [-0.39, 0.29) is 17.2 Å². The van der Waals surface area contributed by atoms with Gasteiger partial charge in [-0.1, -0.05) is 32.4 Å². The summed E-state index contributed by atoms with van der Waals surface area (Å²) in [6.45, 7) is 9.19. The van der Waals surface area contributed by atoms with Crippen molar-refractivity contribution in [1.29, 1.82) is 0 Å². The van der Waals surface area contributed by atoms with Crippen molar-refractivity contribution in [3.63, 3.8) is 0 Å². The van der Waals surface area contributed by atoms with Crippen LogP contribution in [0.4, 0.5) is 5.69 Å². The van der Waals surface area contributed by atoms with E-state index in [0.29, 0.717) is 35.1 Å². The highest BCUT2D eigenvalue weighted by molar-refractivity contribution is 6.34. The van der Waals surface area contributed by atoms with Crippen LogP contribution in [0.25, 0.3) is 0 Å². The Hall–Kier alpha value is -2.38. The van der Waals surface area contributed by atoms with Crippen molar-refractivity contribution in [1.82, 2.24) is 20.0 Å². The van der Waals surface area contributed by atoms with E-state index in [1.165, 1.54) is 0 Å². The van der Waals surface area contributed by atoms with Crippen LogP contribution in [-0.2, 0) is 12.5 Å². The summed E-state index contributed by atoms with van der Waals surface area (Å²) in [7, 11) is 1.74. The first-order valence-corrected chi connectivity index (χ1v) is 10.2. The first kappa shape index (κ1) is 21.3. The van der Waals surface area contributed by atoms with Gasteiger partial charge in [-0.2, -0.15) is 5.10 Å². The van der Waals surface area contributed by atoms with E-state index < -0.39 is 0 Å². The molecule has 7 nitrogen and oxygen atoms in total. The first-order valence-electron chi connectivity index (χ1n) is 9.82. The Kier molecular flexibility index (Phi) is 6.29. The van der Waals surface area contributed by atoms with Crippen LogP contribution in [-0.4, -0.2) is 52.7 Å². The molecule has 1 aliphatic heterocycles. The number of nitrogens with zero attached hydrogens (tertiary/aromatic N) is 3. The van der Waals surface area contributed by atoms with Gasteiger partial charge in [0.15, 0.2) is 0 Å². The van der Waals surface area contributed by atoms with Gasteiger partial charge in [0, 0.05) is 37.7 Å². The van der Waals surface area contributed by atoms with Gasteiger partial charge in [-0.05, 0) is 37.2 Å². The molecule has 0 saturated carbocycles. The number of halogens is 1. The first-order chi connectivity index (χ1) is 13.7. The summed E-state index contributed by atoms with van der Waals surface area (Å²) in [5.74, 6) is -0.377. The van der Waals surface area contributed by atoms with E-state index in [2.05, 4.69) is 15.7 Å². The molecule has 2 amide bonds. The maximum atomic E-state index is 12.9. The molecule has 0 spiro atoms. The summed E-state index contributed by atoms with van der Waals surface area (Å²) in [5, 5.41) is 10.9. The van der Waals surface area contributed by atoms with Gasteiger partial charge in [0.2, 0.25) is 0 Å². The van der Waals surface area contributed by atoms with Gasteiger partial charge < -0.3 is 15.5 Å². The third-order valence-electron chi connectivity index (χ3n) is 4.97. The van der Waals surface area contributed by atoms with Crippen molar-refractivity contribution in [3.8, 4) is 0 Å². The summed E-state index contributed by atoms with van der Waals surface area (Å²) >= 11 is 6.29. The fourth-order valence-electron chi connectivity index (χ4n) is 3.22. The van der Waals surface area contributed by atoms with Crippen LogP contribution in [0.3, 0.4) is 0 Å². The van der Waals surface area contributed by atoms with Crippen LogP contribution in [0.15, 0.2) is 24.3 Å². The average molecular weight is 418 g/mol. The van der Waals surface area contributed by atoms with Crippen molar-refractivity contribution in [3.05, 3.63) is 46.2 Å². The molecule has 0 radical (unpaired) electrons. The molecule has 0 aliphatic carbocycles. The number of aryl methyl sites for hydroxylation is 1. The summed E-state index contributed by atoms with van der Waals surface area (Å²) in [4.78, 5) is 27.5. The van der Waals surface area contributed by atoms with Crippen LogP contribution in [0.5, 0.6) is 0 Å². The largest absolute Gasteiger partial charge is 0.337 e. The topological polar surface area (TPSA) is 79.3 Å². The van der Waals surface area contributed by atoms with E-state index in [1.807, 2.05) is 25.7 Å². The van der Waals surface area contributed by atoms with Crippen LogP contribution >= 0.6 is 11.6 Å². The summed E-state index contributed by atoms with van der Waals surface area (Å²) < 4.78 is 1.56. The van der Waals surface area contributed by atoms with Crippen LogP contribution in [0.2, 0.25) is 5.02 Å². The molecule has 2 aromatic rings. The molecule has 1 fully saturated rings. The van der Waals surface area contributed by atoms with Gasteiger partial charge in [-0.25, -0.2) is 0 Å². The quantitative estimate of drug-likeness (QED) is 0.804. The fourth-order valence-corrected chi connectivity index (χ4v) is 3.38. The van der Waals surface area contributed by atoms with Crippen molar-refractivity contribution in [2.75, 3.05) is 31.5 Å². The molecular formula is C21H28ClN5O2. The van der Waals surface area contributed by atoms with Gasteiger partial charge in [0.1, 0.15) is 5.69 Å². The normalized spacial score (nSPS) is 15.1. The summed E-state index contributed by atoms with van der Waals surface area (Å²) in [5.41, 5.74) is 2.01. The minimum absolute atomic E-state index is 0.0589. The molecule has 2 heterocycles. The fraction of sp³-hybridized carbons (Fsp3) is 0.476. The van der Waals surface area contributed by atoms with E-state index in [9.17, 15) is 9.59 Å². The molecular weight excluding hydrogens is 390 g/mol.